The number of amides is 1. The molecule has 10 nitrogen and oxygen atoms in total. The Morgan fingerprint density at radius 3 is 2.37 bits per heavy atom. The molecule has 30 heavy (non-hydrogen) atoms. The summed E-state index contributed by atoms with van der Waals surface area (Å²) in [5.41, 5.74) is 0.397. The van der Waals surface area contributed by atoms with Crippen molar-refractivity contribution in [2.24, 2.45) is 0 Å². The molecule has 1 N–H and O–H groups in total. The zero-order valence-electron chi connectivity index (χ0n) is 16.6. The van der Waals surface area contributed by atoms with Gasteiger partial charge in [-0.15, -0.1) is 0 Å². The zero-order chi connectivity index (χ0) is 22.6. The summed E-state index contributed by atoms with van der Waals surface area (Å²) in [7, 11) is -1.16. The monoisotopic (exact) mass is 457 g/mol. The normalized spacial score (nSPS) is 11.0. The van der Waals surface area contributed by atoms with Gasteiger partial charge in [0, 0.05) is 24.3 Å². The van der Waals surface area contributed by atoms with Gasteiger partial charge in [0.15, 0.2) is 0 Å². The molecule has 0 bridgehead atoms. The van der Waals surface area contributed by atoms with Gasteiger partial charge in [-0.1, -0.05) is 17.7 Å². The molecule has 0 saturated carbocycles. The lowest BCUT2D eigenvalue weighted by atomic mass is 10.2. The molecule has 0 aliphatic carbocycles. The van der Waals surface area contributed by atoms with Crippen LogP contribution in [-0.4, -0.2) is 46.3 Å². The summed E-state index contributed by atoms with van der Waals surface area (Å²) in [5.74, 6) is -0.178. The molecule has 12 heteroatoms. The van der Waals surface area contributed by atoms with Crippen LogP contribution in [0.15, 0.2) is 30.3 Å². The van der Waals surface area contributed by atoms with Gasteiger partial charge in [0.05, 0.1) is 41.8 Å². The van der Waals surface area contributed by atoms with Gasteiger partial charge in [0.1, 0.15) is 18.0 Å². The van der Waals surface area contributed by atoms with Crippen molar-refractivity contribution in [3.8, 4) is 11.5 Å². The lowest BCUT2D eigenvalue weighted by Crippen LogP contribution is -2.38. The van der Waals surface area contributed by atoms with E-state index in [1.807, 2.05) is 0 Å². The van der Waals surface area contributed by atoms with Gasteiger partial charge >= 0.3 is 0 Å². The van der Waals surface area contributed by atoms with E-state index in [1.54, 1.807) is 6.92 Å². The Kier molecular flexibility index (Phi) is 7.11. The van der Waals surface area contributed by atoms with E-state index in [-0.39, 0.29) is 33.6 Å². The number of methoxy groups -OCH3 is 2. The predicted octanol–water partition coefficient (Wildman–Crippen LogP) is 2.98. The van der Waals surface area contributed by atoms with Crippen LogP contribution in [0.4, 0.5) is 17.1 Å². The Morgan fingerprint density at radius 1 is 1.20 bits per heavy atom. The van der Waals surface area contributed by atoms with Gasteiger partial charge in [-0.25, -0.2) is 8.42 Å². The Hall–Kier alpha value is -3.05. The van der Waals surface area contributed by atoms with E-state index < -0.39 is 27.4 Å². The fraction of sp³-hybridized carbons (Fsp3) is 0.278. The van der Waals surface area contributed by atoms with Gasteiger partial charge in [0.25, 0.3) is 5.69 Å². The molecule has 0 aromatic heterocycles. The number of halogens is 1. The van der Waals surface area contributed by atoms with Crippen LogP contribution in [0.2, 0.25) is 5.02 Å². The Morgan fingerprint density at radius 2 is 1.83 bits per heavy atom. The van der Waals surface area contributed by atoms with Crippen molar-refractivity contribution in [1.29, 1.82) is 0 Å². The standard InChI is InChI=1S/C18H20ClN3O7S/c1-11-5-6-12(22(24)25)7-15(11)21(30(4,26)27)10-18(23)20-14-9-16(28-2)13(19)8-17(14)29-3/h5-9H,10H2,1-4H3,(H,20,23). The van der Waals surface area contributed by atoms with Crippen molar-refractivity contribution in [3.63, 3.8) is 0 Å². The number of carbonyl (C=O) groups is 1. The largest absolute Gasteiger partial charge is 0.495 e. The summed E-state index contributed by atoms with van der Waals surface area (Å²) in [6, 6.07) is 6.65. The molecule has 2 aromatic carbocycles. The number of sulfonamides is 1. The van der Waals surface area contributed by atoms with Gasteiger partial charge in [0.2, 0.25) is 15.9 Å². The summed E-state index contributed by atoms with van der Waals surface area (Å²) in [6.45, 7) is 0.969. The number of hydrogen-bond donors (Lipinski definition) is 1. The number of nitrogens with zero attached hydrogens (tertiary/aromatic N) is 2. The number of nitro groups is 1. The first-order valence-electron chi connectivity index (χ1n) is 8.42. The summed E-state index contributed by atoms with van der Waals surface area (Å²) in [4.78, 5) is 23.1. The molecule has 2 rings (SSSR count). The third-order valence-corrected chi connectivity index (χ3v) is 5.53. The third-order valence-electron chi connectivity index (χ3n) is 4.11. The fourth-order valence-corrected chi connectivity index (χ4v) is 3.78. The van der Waals surface area contributed by atoms with Crippen LogP contribution in [0.1, 0.15) is 5.56 Å². The molecule has 0 saturated heterocycles. The van der Waals surface area contributed by atoms with Crippen molar-refractivity contribution in [1.82, 2.24) is 0 Å². The highest BCUT2D eigenvalue weighted by molar-refractivity contribution is 7.92. The van der Waals surface area contributed by atoms with Crippen LogP contribution in [0.5, 0.6) is 11.5 Å². The Balaban J connectivity index is 2.39. The van der Waals surface area contributed by atoms with E-state index in [1.165, 1.54) is 38.5 Å². The first-order chi connectivity index (χ1) is 14.0. The average Bonchev–Trinajstić information content (AvgIpc) is 2.66. The van der Waals surface area contributed by atoms with E-state index in [4.69, 9.17) is 21.1 Å². The number of hydrogen-bond acceptors (Lipinski definition) is 7. The number of anilines is 2. The summed E-state index contributed by atoms with van der Waals surface area (Å²) in [6.07, 6.45) is 0.907. The molecule has 0 aliphatic heterocycles. The maximum absolute atomic E-state index is 12.6. The minimum absolute atomic E-state index is 0.0301. The molecular weight excluding hydrogens is 438 g/mol. The molecule has 0 atom stereocenters. The highest BCUT2D eigenvalue weighted by Crippen LogP contribution is 2.36. The second-order valence-corrected chi connectivity index (χ2v) is 8.55. The molecule has 162 valence electrons. The van der Waals surface area contributed by atoms with Gasteiger partial charge in [-0.3, -0.25) is 19.2 Å². The lowest BCUT2D eigenvalue weighted by Gasteiger charge is -2.23. The summed E-state index contributed by atoms with van der Waals surface area (Å²) < 4.78 is 35.8. The van der Waals surface area contributed by atoms with Crippen LogP contribution in [0.25, 0.3) is 0 Å². The number of non-ortho nitro benzene ring substituents is 1. The van der Waals surface area contributed by atoms with E-state index in [0.29, 0.717) is 5.56 Å². The molecule has 0 unspecified atom stereocenters. The quantitative estimate of drug-likeness (QED) is 0.476. The number of nitrogens with one attached hydrogen (secondary N) is 1. The Bertz CT molecular complexity index is 1090. The first kappa shape index (κ1) is 23.2. The van der Waals surface area contributed by atoms with Crippen molar-refractivity contribution in [3.05, 3.63) is 51.0 Å². The molecule has 0 heterocycles. The number of ether oxygens (including phenoxy) is 2. The predicted molar refractivity (Wildman–Crippen MR) is 113 cm³/mol. The van der Waals surface area contributed by atoms with Crippen LogP contribution in [0, 0.1) is 17.0 Å². The molecule has 0 radical (unpaired) electrons. The number of carbonyl (C=O) groups excluding carboxylic acids is 1. The van der Waals surface area contributed by atoms with E-state index in [0.717, 1.165) is 16.6 Å². The molecule has 2 aromatic rings. The van der Waals surface area contributed by atoms with E-state index in [9.17, 15) is 23.3 Å². The maximum atomic E-state index is 12.6. The Labute approximate surface area is 178 Å². The van der Waals surface area contributed by atoms with Crippen molar-refractivity contribution >= 4 is 44.6 Å². The second-order valence-electron chi connectivity index (χ2n) is 6.23. The van der Waals surface area contributed by atoms with Gasteiger partial charge in [-0.2, -0.15) is 0 Å². The maximum Gasteiger partial charge on any atom is 0.271 e. The number of aryl methyl sites for hydroxylation is 1. The molecule has 0 spiro atoms. The van der Waals surface area contributed by atoms with E-state index >= 15 is 0 Å². The number of benzene rings is 2. The van der Waals surface area contributed by atoms with E-state index in [2.05, 4.69) is 5.32 Å². The van der Waals surface area contributed by atoms with Crippen LogP contribution in [0.3, 0.4) is 0 Å². The minimum atomic E-state index is -3.93. The molecule has 0 aliphatic rings. The van der Waals surface area contributed by atoms with Gasteiger partial charge in [-0.05, 0) is 12.5 Å². The fourth-order valence-electron chi connectivity index (χ4n) is 2.64. The topological polar surface area (TPSA) is 128 Å². The number of rotatable bonds is 8. The number of nitro benzene ring substituents is 1. The second kappa shape index (κ2) is 9.18. The smallest absolute Gasteiger partial charge is 0.271 e. The highest BCUT2D eigenvalue weighted by Gasteiger charge is 2.25. The summed E-state index contributed by atoms with van der Waals surface area (Å²) >= 11 is 6.04. The molecular formula is C18H20ClN3O7S. The lowest BCUT2D eigenvalue weighted by molar-refractivity contribution is -0.384. The van der Waals surface area contributed by atoms with Crippen molar-refractivity contribution in [2.75, 3.05) is 36.6 Å². The van der Waals surface area contributed by atoms with Crippen LogP contribution >= 0.6 is 11.6 Å². The molecule has 1 amide bonds. The van der Waals surface area contributed by atoms with Crippen molar-refractivity contribution < 1.29 is 27.6 Å². The van der Waals surface area contributed by atoms with Gasteiger partial charge < -0.3 is 14.8 Å². The van der Waals surface area contributed by atoms with Crippen LogP contribution in [-0.2, 0) is 14.8 Å². The van der Waals surface area contributed by atoms with Crippen molar-refractivity contribution in [2.45, 2.75) is 6.92 Å². The summed E-state index contributed by atoms with van der Waals surface area (Å²) in [5, 5.41) is 13.9. The highest BCUT2D eigenvalue weighted by atomic mass is 35.5. The third kappa shape index (κ3) is 5.30. The zero-order valence-corrected chi connectivity index (χ0v) is 18.2. The first-order valence-corrected chi connectivity index (χ1v) is 10.6. The average molecular weight is 458 g/mol. The van der Waals surface area contributed by atoms with Crippen LogP contribution < -0.4 is 19.1 Å². The molecule has 0 fully saturated rings. The SMILES string of the molecule is COc1cc(NC(=O)CN(c2cc([N+](=O)[O-])ccc2C)S(C)(=O)=O)c(OC)cc1Cl. The minimum Gasteiger partial charge on any atom is -0.495 e.